The number of methoxy groups -OCH3 is 1. The number of hydrogen-bond donors (Lipinski definition) is 2. The lowest BCUT2D eigenvalue weighted by Crippen LogP contribution is -2.42. The van der Waals surface area contributed by atoms with Gasteiger partial charge in [0.15, 0.2) is 0 Å². The molecule has 29 heavy (non-hydrogen) atoms. The Balaban J connectivity index is 1.49. The predicted molar refractivity (Wildman–Crippen MR) is 119 cm³/mol. The van der Waals surface area contributed by atoms with E-state index in [9.17, 15) is 4.79 Å². The molecule has 0 aromatic heterocycles. The predicted octanol–water partition coefficient (Wildman–Crippen LogP) is 4.16. The average Bonchev–Trinajstić information content (AvgIpc) is 2.74. The summed E-state index contributed by atoms with van der Waals surface area (Å²) in [5.41, 5.74) is 2.60. The molecule has 1 atom stereocenters. The SMILES string of the molecule is COc1ccc(C(=O)Nc2cccc(CNCC3CCCN(C(C)C)C3)c2)cc1. The first-order valence-electron chi connectivity index (χ1n) is 10.5. The van der Waals surface area contributed by atoms with Gasteiger partial charge in [0.05, 0.1) is 7.11 Å². The van der Waals surface area contributed by atoms with Gasteiger partial charge >= 0.3 is 0 Å². The average molecular weight is 396 g/mol. The highest BCUT2D eigenvalue weighted by atomic mass is 16.5. The molecule has 2 aromatic rings. The number of anilines is 1. The van der Waals surface area contributed by atoms with Crippen LogP contribution in [0.2, 0.25) is 0 Å². The summed E-state index contributed by atoms with van der Waals surface area (Å²) >= 11 is 0. The van der Waals surface area contributed by atoms with Crippen molar-refractivity contribution in [1.29, 1.82) is 0 Å². The minimum atomic E-state index is -0.117. The minimum Gasteiger partial charge on any atom is -0.497 e. The van der Waals surface area contributed by atoms with Crippen molar-refractivity contribution in [3.63, 3.8) is 0 Å². The molecule has 1 unspecified atom stereocenters. The zero-order valence-corrected chi connectivity index (χ0v) is 17.8. The van der Waals surface area contributed by atoms with Crippen LogP contribution in [0.4, 0.5) is 5.69 Å². The van der Waals surface area contributed by atoms with Crippen LogP contribution in [0.3, 0.4) is 0 Å². The van der Waals surface area contributed by atoms with Crippen molar-refractivity contribution < 1.29 is 9.53 Å². The van der Waals surface area contributed by atoms with Gasteiger partial charge in [-0.15, -0.1) is 0 Å². The zero-order valence-electron chi connectivity index (χ0n) is 17.8. The number of carbonyl (C=O) groups excluding carboxylic acids is 1. The maximum absolute atomic E-state index is 12.5. The van der Waals surface area contributed by atoms with Gasteiger partial charge in [0, 0.05) is 30.4 Å². The molecule has 2 aromatic carbocycles. The van der Waals surface area contributed by atoms with Crippen molar-refractivity contribution in [2.24, 2.45) is 5.92 Å². The summed E-state index contributed by atoms with van der Waals surface area (Å²) in [5, 5.41) is 6.58. The van der Waals surface area contributed by atoms with Crippen LogP contribution in [0.15, 0.2) is 48.5 Å². The Bertz CT molecular complexity index is 789. The van der Waals surface area contributed by atoms with E-state index < -0.39 is 0 Å². The van der Waals surface area contributed by atoms with Crippen LogP contribution >= 0.6 is 0 Å². The third kappa shape index (κ3) is 6.31. The molecule has 1 saturated heterocycles. The summed E-state index contributed by atoms with van der Waals surface area (Å²) in [5.74, 6) is 1.34. The fourth-order valence-electron chi connectivity index (χ4n) is 3.86. The van der Waals surface area contributed by atoms with Gasteiger partial charge < -0.3 is 20.3 Å². The highest BCUT2D eigenvalue weighted by Gasteiger charge is 2.21. The molecular formula is C24H33N3O2. The van der Waals surface area contributed by atoms with Gasteiger partial charge in [-0.05, 0) is 87.7 Å². The van der Waals surface area contributed by atoms with E-state index in [4.69, 9.17) is 4.74 Å². The smallest absolute Gasteiger partial charge is 0.255 e. The Hall–Kier alpha value is -2.37. The largest absolute Gasteiger partial charge is 0.497 e. The molecule has 0 radical (unpaired) electrons. The Morgan fingerprint density at radius 2 is 2.00 bits per heavy atom. The summed E-state index contributed by atoms with van der Waals surface area (Å²) in [6.45, 7) is 8.81. The molecule has 5 heteroatoms. The van der Waals surface area contributed by atoms with E-state index in [2.05, 4.69) is 35.4 Å². The first-order chi connectivity index (χ1) is 14.0. The van der Waals surface area contributed by atoms with Crippen LogP contribution in [0.5, 0.6) is 5.75 Å². The normalized spacial score (nSPS) is 17.3. The summed E-state index contributed by atoms with van der Waals surface area (Å²) in [6, 6.07) is 15.8. The lowest BCUT2D eigenvalue weighted by molar-refractivity contribution is 0.102. The second-order valence-electron chi connectivity index (χ2n) is 8.11. The fourth-order valence-corrected chi connectivity index (χ4v) is 3.86. The van der Waals surface area contributed by atoms with E-state index in [-0.39, 0.29) is 5.91 Å². The van der Waals surface area contributed by atoms with Gasteiger partial charge in [0.1, 0.15) is 5.75 Å². The fraction of sp³-hybridized carbons (Fsp3) is 0.458. The van der Waals surface area contributed by atoms with Crippen LogP contribution in [-0.4, -0.2) is 43.6 Å². The van der Waals surface area contributed by atoms with Gasteiger partial charge in [-0.1, -0.05) is 12.1 Å². The Morgan fingerprint density at radius 1 is 1.21 bits per heavy atom. The molecule has 5 nitrogen and oxygen atoms in total. The van der Waals surface area contributed by atoms with Gasteiger partial charge in [0.2, 0.25) is 0 Å². The topological polar surface area (TPSA) is 53.6 Å². The van der Waals surface area contributed by atoms with E-state index in [1.165, 1.54) is 31.5 Å². The van der Waals surface area contributed by atoms with Crippen molar-refractivity contribution in [1.82, 2.24) is 10.2 Å². The van der Waals surface area contributed by atoms with Crippen LogP contribution in [0.25, 0.3) is 0 Å². The summed E-state index contributed by atoms with van der Waals surface area (Å²) in [6.07, 6.45) is 2.59. The number of rotatable bonds is 8. The number of ether oxygens (including phenoxy) is 1. The van der Waals surface area contributed by atoms with Crippen molar-refractivity contribution in [3.8, 4) is 5.75 Å². The molecule has 1 fully saturated rings. The molecule has 156 valence electrons. The first kappa shape index (κ1) is 21.3. The number of amides is 1. The molecular weight excluding hydrogens is 362 g/mol. The molecule has 1 heterocycles. The second-order valence-corrected chi connectivity index (χ2v) is 8.11. The number of hydrogen-bond acceptors (Lipinski definition) is 4. The molecule has 3 rings (SSSR count). The third-order valence-electron chi connectivity index (χ3n) is 5.58. The van der Waals surface area contributed by atoms with E-state index in [1.54, 1.807) is 31.4 Å². The van der Waals surface area contributed by atoms with Crippen molar-refractivity contribution >= 4 is 11.6 Å². The molecule has 0 bridgehead atoms. The van der Waals surface area contributed by atoms with E-state index >= 15 is 0 Å². The third-order valence-corrected chi connectivity index (χ3v) is 5.58. The van der Waals surface area contributed by atoms with Crippen molar-refractivity contribution in [3.05, 3.63) is 59.7 Å². The van der Waals surface area contributed by atoms with E-state index in [1.807, 2.05) is 18.2 Å². The van der Waals surface area contributed by atoms with Crippen LogP contribution in [0.1, 0.15) is 42.6 Å². The summed E-state index contributed by atoms with van der Waals surface area (Å²) in [7, 11) is 1.61. The highest BCUT2D eigenvalue weighted by Crippen LogP contribution is 2.18. The molecule has 0 aliphatic carbocycles. The molecule has 1 amide bonds. The lowest BCUT2D eigenvalue weighted by Gasteiger charge is -2.35. The molecule has 0 saturated carbocycles. The van der Waals surface area contributed by atoms with Gasteiger partial charge in [-0.3, -0.25) is 4.79 Å². The number of nitrogens with one attached hydrogen (secondary N) is 2. The molecule has 1 aliphatic heterocycles. The van der Waals surface area contributed by atoms with Crippen molar-refractivity contribution in [2.45, 2.75) is 39.3 Å². The highest BCUT2D eigenvalue weighted by molar-refractivity contribution is 6.04. The molecule has 2 N–H and O–H groups in total. The molecule has 0 spiro atoms. The summed E-state index contributed by atoms with van der Waals surface area (Å²) < 4.78 is 5.14. The number of carbonyl (C=O) groups is 1. The van der Waals surface area contributed by atoms with Gasteiger partial charge in [-0.25, -0.2) is 0 Å². The zero-order chi connectivity index (χ0) is 20.6. The maximum Gasteiger partial charge on any atom is 0.255 e. The Labute approximate surface area is 174 Å². The monoisotopic (exact) mass is 395 g/mol. The van der Waals surface area contributed by atoms with Gasteiger partial charge in [0.25, 0.3) is 5.91 Å². The number of piperidine rings is 1. The number of benzene rings is 2. The minimum absolute atomic E-state index is 0.117. The van der Waals surface area contributed by atoms with E-state index in [0.717, 1.165) is 24.5 Å². The molecule has 1 aliphatic rings. The first-order valence-corrected chi connectivity index (χ1v) is 10.5. The quantitative estimate of drug-likeness (QED) is 0.705. The number of nitrogens with zero attached hydrogens (tertiary/aromatic N) is 1. The lowest BCUT2D eigenvalue weighted by atomic mass is 9.97. The Kier molecular flexibility index (Phi) is 7.67. The van der Waals surface area contributed by atoms with Crippen LogP contribution < -0.4 is 15.4 Å². The van der Waals surface area contributed by atoms with Gasteiger partial charge in [-0.2, -0.15) is 0 Å². The Morgan fingerprint density at radius 3 is 2.72 bits per heavy atom. The maximum atomic E-state index is 12.5. The standard InChI is InChI=1S/C24H33N3O2/c1-18(2)27-13-5-7-20(17-27)16-25-15-19-6-4-8-22(14-19)26-24(28)21-9-11-23(29-3)12-10-21/h4,6,8-12,14,18,20,25H,5,7,13,15-17H2,1-3H3,(H,26,28). The van der Waals surface area contributed by atoms with Crippen LogP contribution in [-0.2, 0) is 6.54 Å². The number of likely N-dealkylation sites (tertiary alicyclic amines) is 1. The van der Waals surface area contributed by atoms with E-state index in [0.29, 0.717) is 17.5 Å². The second kappa shape index (κ2) is 10.4. The summed E-state index contributed by atoms with van der Waals surface area (Å²) in [4.78, 5) is 15.0. The van der Waals surface area contributed by atoms with Crippen LogP contribution in [0, 0.1) is 5.92 Å². The van der Waals surface area contributed by atoms with Crippen molar-refractivity contribution in [2.75, 3.05) is 32.1 Å².